The molecule has 150 valence electrons. The summed E-state index contributed by atoms with van der Waals surface area (Å²) in [6.45, 7) is 7.33. The summed E-state index contributed by atoms with van der Waals surface area (Å²) in [5, 5.41) is 0. The van der Waals surface area contributed by atoms with E-state index in [1.54, 1.807) is 17.3 Å². The molecule has 7 nitrogen and oxygen atoms in total. The second kappa shape index (κ2) is 8.56. The highest BCUT2D eigenvalue weighted by Gasteiger charge is 2.27. The third-order valence-electron chi connectivity index (χ3n) is 4.45. The van der Waals surface area contributed by atoms with Gasteiger partial charge in [0.05, 0.1) is 12.4 Å². The van der Waals surface area contributed by atoms with Crippen LogP contribution in [0.1, 0.15) is 39.2 Å². The van der Waals surface area contributed by atoms with Crippen LogP contribution in [-0.2, 0) is 11.3 Å². The number of benzene rings is 1. The van der Waals surface area contributed by atoms with Crippen LogP contribution in [-0.4, -0.2) is 45.8 Å². The average molecular weight is 384 g/mol. The van der Waals surface area contributed by atoms with Crippen molar-refractivity contribution in [3.05, 3.63) is 42.2 Å². The first-order chi connectivity index (χ1) is 13.3. The molecule has 1 aromatic heterocycles. The molecule has 3 rings (SSSR count). The Labute approximate surface area is 165 Å². The number of nitrogens with zero attached hydrogens (tertiary/aromatic N) is 3. The maximum atomic E-state index is 12.1. The van der Waals surface area contributed by atoms with Crippen molar-refractivity contribution in [3.8, 4) is 17.1 Å². The van der Waals surface area contributed by atoms with Gasteiger partial charge in [0, 0.05) is 38.0 Å². The van der Waals surface area contributed by atoms with Crippen LogP contribution in [0, 0.1) is 0 Å². The lowest BCUT2D eigenvalue weighted by molar-refractivity contribution is 0.0126. The molecule has 0 radical (unpaired) electrons. The van der Waals surface area contributed by atoms with E-state index in [1.807, 2.05) is 45.0 Å². The summed E-state index contributed by atoms with van der Waals surface area (Å²) in [7, 11) is 0. The molecule has 0 atom stereocenters. The van der Waals surface area contributed by atoms with Crippen molar-refractivity contribution in [1.82, 2.24) is 14.9 Å². The number of ether oxygens (including phenoxy) is 2. The summed E-state index contributed by atoms with van der Waals surface area (Å²) < 4.78 is 11.4. The predicted octanol–water partition coefficient (Wildman–Crippen LogP) is 3.38. The van der Waals surface area contributed by atoms with E-state index in [9.17, 15) is 4.79 Å². The van der Waals surface area contributed by atoms with Crippen LogP contribution in [0.4, 0.5) is 4.79 Å². The van der Waals surface area contributed by atoms with Crippen molar-refractivity contribution < 1.29 is 14.3 Å². The predicted molar refractivity (Wildman–Crippen MR) is 107 cm³/mol. The molecule has 1 fully saturated rings. The number of likely N-dealkylation sites (tertiary alicyclic amines) is 1. The summed E-state index contributed by atoms with van der Waals surface area (Å²) in [6, 6.07) is 7.87. The molecule has 0 unspecified atom stereocenters. The van der Waals surface area contributed by atoms with Crippen LogP contribution in [0.25, 0.3) is 11.4 Å². The fourth-order valence-corrected chi connectivity index (χ4v) is 3.04. The minimum atomic E-state index is -0.479. The summed E-state index contributed by atoms with van der Waals surface area (Å²) in [5.41, 5.74) is 7.18. The Bertz CT molecular complexity index is 794. The molecule has 7 heteroatoms. The molecule has 1 aliphatic rings. The van der Waals surface area contributed by atoms with E-state index in [4.69, 9.17) is 15.2 Å². The van der Waals surface area contributed by atoms with Gasteiger partial charge >= 0.3 is 6.09 Å². The molecule has 2 N–H and O–H groups in total. The number of aromatic nitrogens is 2. The number of rotatable bonds is 4. The molecule has 2 aromatic rings. The molecule has 0 saturated carbocycles. The van der Waals surface area contributed by atoms with Gasteiger partial charge in [-0.25, -0.2) is 14.8 Å². The van der Waals surface area contributed by atoms with Crippen molar-refractivity contribution in [3.63, 3.8) is 0 Å². The van der Waals surface area contributed by atoms with E-state index < -0.39 is 5.60 Å². The molecule has 0 aliphatic carbocycles. The van der Waals surface area contributed by atoms with Gasteiger partial charge in [0.1, 0.15) is 11.7 Å². The van der Waals surface area contributed by atoms with Gasteiger partial charge in [-0.1, -0.05) is 18.2 Å². The summed E-state index contributed by atoms with van der Waals surface area (Å²) in [5.74, 6) is 1.27. The van der Waals surface area contributed by atoms with Gasteiger partial charge in [-0.15, -0.1) is 0 Å². The molecular formula is C21H28N4O3. The minimum absolute atomic E-state index is 0.0358. The molecule has 2 heterocycles. The largest absolute Gasteiger partial charge is 0.487 e. The van der Waals surface area contributed by atoms with E-state index in [-0.39, 0.29) is 12.2 Å². The SMILES string of the molecule is CC(C)(C)OC(=O)N1CCC(Oc2cnc(-c3cccc(CN)c3)nc2)CC1. The van der Waals surface area contributed by atoms with Gasteiger partial charge in [-0.3, -0.25) is 0 Å². The standard InChI is InChI=1S/C21H28N4O3/c1-21(2,3)28-20(26)25-9-7-17(8-10-25)27-18-13-23-19(24-14-18)16-6-4-5-15(11-16)12-22/h4-6,11,13-14,17H,7-10,12,22H2,1-3H3. The Morgan fingerprint density at radius 2 is 1.89 bits per heavy atom. The molecule has 0 bridgehead atoms. The van der Waals surface area contributed by atoms with Crippen LogP contribution < -0.4 is 10.5 Å². The highest BCUT2D eigenvalue weighted by molar-refractivity contribution is 5.68. The van der Waals surface area contributed by atoms with Gasteiger partial charge in [0.25, 0.3) is 0 Å². The maximum Gasteiger partial charge on any atom is 0.410 e. The molecular weight excluding hydrogens is 356 g/mol. The van der Waals surface area contributed by atoms with Crippen molar-refractivity contribution in [1.29, 1.82) is 0 Å². The lowest BCUT2D eigenvalue weighted by Gasteiger charge is -2.33. The number of piperidine rings is 1. The smallest absolute Gasteiger partial charge is 0.410 e. The van der Waals surface area contributed by atoms with E-state index in [0.717, 1.165) is 24.0 Å². The van der Waals surface area contributed by atoms with Gasteiger partial charge < -0.3 is 20.1 Å². The molecule has 1 aliphatic heterocycles. The first-order valence-electron chi connectivity index (χ1n) is 9.60. The first-order valence-corrected chi connectivity index (χ1v) is 9.60. The first kappa shape index (κ1) is 20.1. The second-order valence-electron chi connectivity index (χ2n) is 7.93. The maximum absolute atomic E-state index is 12.1. The highest BCUT2D eigenvalue weighted by Crippen LogP contribution is 2.22. The molecule has 0 spiro atoms. The van der Waals surface area contributed by atoms with E-state index >= 15 is 0 Å². The van der Waals surface area contributed by atoms with E-state index in [1.165, 1.54) is 0 Å². The Kier molecular flexibility index (Phi) is 6.14. The molecule has 1 saturated heterocycles. The fraction of sp³-hybridized carbons (Fsp3) is 0.476. The number of carbonyl (C=O) groups is 1. The second-order valence-corrected chi connectivity index (χ2v) is 7.93. The van der Waals surface area contributed by atoms with Crippen molar-refractivity contribution >= 4 is 6.09 Å². The van der Waals surface area contributed by atoms with Crippen molar-refractivity contribution in [2.45, 2.75) is 51.9 Å². The van der Waals surface area contributed by atoms with Crippen molar-refractivity contribution in [2.75, 3.05) is 13.1 Å². The summed E-state index contributed by atoms with van der Waals surface area (Å²) in [4.78, 5) is 22.7. The Balaban J connectivity index is 1.53. The zero-order valence-corrected chi connectivity index (χ0v) is 16.7. The number of hydrogen-bond acceptors (Lipinski definition) is 6. The Morgan fingerprint density at radius 1 is 1.21 bits per heavy atom. The van der Waals surface area contributed by atoms with Crippen LogP contribution >= 0.6 is 0 Å². The van der Waals surface area contributed by atoms with Crippen LogP contribution in [0.2, 0.25) is 0 Å². The lowest BCUT2D eigenvalue weighted by atomic mass is 10.1. The summed E-state index contributed by atoms with van der Waals surface area (Å²) in [6.07, 6.45) is 4.65. The molecule has 1 aromatic carbocycles. The number of amides is 1. The third kappa shape index (κ3) is 5.42. The molecule has 28 heavy (non-hydrogen) atoms. The van der Waals surface area contributed by atoms with Gasteiger partial charge in [0.15, 0.2) is 11.6 Å². The van der Waals surface area contributed by atoms with Gasteiger partial charge in [0.2, 0.25) is 0 Å². The van der Waals surface area contributed by atoms with Gasteiger partial charge in [-0.05, 0) is 32.4 Å². The highest BCUT2D eigenvalue weighted by atomic mass is 16.6. The van der Waals surface area contributed by atoms with Crippen LogP contribution in [0.3, 0.4) is 0 Å². The van der Waals surface area contributed by atoms with Crippen LogP contribution in [0.15, 0.2) is 36.7 Å². The Hall–Kier alpha value is -2.67. The number of nitrogens with two attached hydrogens (primary N) is 1. The van der Waals surface area contributed by atoms with Gasteiger partial charge in [-0.2, -0.15) is 0 Å². The zero-order chi connectivity index (χ0) is 20.1. The Morgan fingerprint density at radius 3 is 2.50 bits per heavy atom. The number of carbonyl (C=O) groups excluding carboxylic acids is 1. The average Bonchev–Trinajstić information content (AvgIpc) is 2.68. The fourth-order valence-electron chi connectivity index (χ4n) is 3.04. The molecule has 1 amide bonds. The third-order valence-corrected chi connectivity index (χ3v) is 4.45. The zero-order valence-electron chi connectivity index (χ0n) is 16.7. The van der Waals surface area contributed by atoms with E-state index in [2.05, 4.69) is 9.97 Å². The summed E-state index contributed by atoms with van der Waals surface area (Å²) >= 11 is 0. The number of hydrogen-bond donors (Lipinski definition) is 1. The van der Waals surface area contributed by atoms with Crippen molar-refractivity contribution in [2.24, 2.45) is 5.73 Å². The topological polar surface area (TPSA) is 90.6 Å². The van der Waals surface area contributed by atoms with E-state index in [0.29, 0.717) is 31.2 Å². The minimum Gasteiger partial charge on any atom is -0.487 e. The monoisotopic (exact) mass is 384 g/mol. The lowest BCUT2D eigenvalue weighted by Crippen LogP contribution is -2.44. The normalized spacial score (nSPS) is 15.4. The quantitative estimate of drug-likeness (QED) is 0.869. The van der Waals surface area contributed by atoms with Crippen LogP contribution in [0.5, 0.6) is 5.75 Å².